The minimum Gasteiger partial charge on any atom is -0.459 e. The summed E-state index contributed by atoms with van der Waals surface area (Å²) in [5.74, 6) is 1.09. The molecular weight excluding hydrogens is 449 g/mol. The van der Waals surface area contributed by atoms with Crippen molar-refractivity contribution in [2.45, 2.75) is 18.8 Å². The fourth-order valence-corrected chi connectivity index (χ4v) is 3.54. The molecule has 1 aromatic heterocycles. The van der Waals surface area contributed by atoms with E-state index < -0.39 is 17.8 Å². The fourth-order valence-electron chi connectivity index (χ4n) is 3.13. The summed E-state index contributed by atoms with van der Waals surface area (Å²) in [6.07, 6.45) is -2.71. The number of halogens is 4. The Kier molecular flexibility index (Phi) is 5.14. The minimum atomic E-state index is -4.41. The number of nitrogens with zero attached hydrogens (tertiary/aromatic N) is 1. The van der Waals surface area contributed by atoms with Gasteiger partial charge in [-0.15, -0.1) is 5.06 Å². The van der Waals surface area contributed by atoms with E-state index in [0.29, 0.717) is 23.6 Å². The van der Waals surface area contributed by atoms with Crippen molar-refractivity contribution in [2.24, 2.45) is 5.73 Å². The van der Waals surface area contributed by atoms with Crippen LogP contribution in [-0.4, -0.2) is 5.06 Å². The Bertz CT molecular complexity index is 1060. The molecule has 0 amide bonds. The maximum absolute atomic E-state index is 13.0. The molecule has 29 heavy (non-hydrogen) atoms. The lowest BCUT2D eigenvalue weighted by Gasteiger charge is -2.21. The van der Waals surface area contributed by atoms with Crippen LogP contribution in [0.2, 0.25) is 0 Å². The van der Waals surface area contributed by atoms with Gasteiger partial charge in [0.1, 0.15) is 17.6 Å². The van der Waals surface area contributed by atoms with E-state index in [0.717, 1.165) is 22.2 Å². The zero-order chi connectivity index (χ0) is 20.6. The third kappa shape index (κ3) is 4.18. The summed E-state index contributed by atoms with van der Waals surface area (Å²) in [4.78, 5) is 5.61. The average Bonchev–Trinajstić information content (AvgIpc) is 3.30. The molecule has 1 unspecified atom stereocenters. The molecule has 1 atom stereocenters. The summed E-state index contributed by atoms with van der Waals surface area (Å²) in [5, 5.41) is 1.66. The Morgan fingerprint density at radius 1 is 1.03 bits per heavy atom. The van der Waals surface area contributed by atoms with Gasteiger partial charge in [0.2, 0.25) is 5.88 Å². The van der Waals surface area contributed by atoms with Crippen LogP contribution in [0.15, 0.2) is 81.5 Å². The number of rotatable bonds is 4. The molecule has 0 bridgehead atoms. The number of hydroxylamine groups is 2. The second kappa shape index (κ2) is 7.61. The van der Waals surface area contributed by atoms with Crippen molar-refractivity contribution in [3.05, 3.63) is 94.0 Å². The summed E-state index contributed by atoms with van der Waals surface area (Å²) < 4.78 is 45.8. The third-order valence-corrected chi connectivity index (χ3v) is 5.31. The smallest absolute Gasteiger partial charge is 0.416 e. The van der Waals surface area contributed by atoms with Gasteiger partial charge in [-0.1, -0.05) is 46.3 Å². The first kappa shape index (κ1) is 19.6. The summed E-state index contributed by atoms with van der Waals surface area (Å²) in [6, 6.07) is 15.7. The molecule has 3 aromatic rings. The van der Waals surface area contributed by atoms with Gasteiger partial charge in [0.15, 0.2) is 0 Å². The molecule has 1 aliphatic rings. The number of alkyl halides is 3. The van der Waals surface area contributed by atoms with Gasteiger partial charge in [-0.2, -0.15) is 13.2 Å². The zero-order valence-corrected chi connectivity index (χ0v) is 16.6. The van der Waals surface area contributed by atoms with Crippen molar-refractivity contribution >= 4 is 15.9 Å². The molecule has 0 saturated carbocycles. The van der Waals surface area contributed by atoms with Crippen LogP contribution in [-0.2, 0) is 17.6 Å². The standard InChI is InChI=1S/C21H16BrF3N2O2/c22-16-7-2-1-4-14(16)12-27-17(11-20(26)29-27)19-9-8-18(28-19)13-5-3-6-15(10-13)21(23,24)25/h1-11,17H,12,26H2. The molecule has 2 aromatic carbocycles. The molecule has 1 aliphatic heterocycles. The normalized spacial score (nSPS) is 17.2. The average molecular weight is 465 g/mol. The second-order valence-electron chi connectivity index (χ2n) is 6.55. The van der Waals surface area contributed by atoms with Crippen molar-refractivity contribution in [3.8, 4) is 11.3 Å². The molecule has 4 rings (SSSR count). The van der Waals surface area contributed by atoms with Gasteiger partial charge in [-0.25, -0.2) is 0 Å². The highest BCUT2D eigenvalue weighted by Crippen LogP contribution is 2.37. The molecule has 4 nitrogen and oxygen atoms in total. The van der Waals surface area contributed by atoms with Crippen LogP contribution in [0.4, 0.5) is 13.2 Å². The quantitative estimate of drug-likeness (QED) is 0.513. The van der Waals surface area contributed by atoms with E-state index in [2.05, 4.69) is 15.9 Å². The van der Waals surface area contributed by atoms with Gasteiger partial charge >= 0.3 is 6.18 Å². The molecule has 0 radical (unpaired) electrons. The van der Waals surface area contributed by atoms with Crippen molar-refractivity contribution in [2.75, 3.05) is 0 Å². The first-order valence-corrected chi connectivity index (χ1v) is 9.53. The van der Waals surface area contributed by atoms with Gasteiger partial charge in [-0.3, -0.25) is 0 Å². The summed E-state index contributed by atoms with van der Waals surface area (Å²) in [6.45, 7) is 0.433. The summed E-state index contributed by atoms with van der Waals surface area (Å²) >= 11 is 3.51. The van der Waals surface area contributed by atoms with Crippen LogP contribution in [0, 0.1) is 0 Å². The number of furan rings is 1. The predicted molar refractivity (Wildman–Crippen MR) is 105 cm³/mol. The lowest BCUT2D eigenvalue weighted by Crippen LogP contribution is -2.23. The highest BCUT2D eigenvalue weighted by atomic mass is 79.9. The third-order valence-electron chi connectivity index (χ3n) is 4.53. The molecule has 2 N–H and O–H groups in total. The Balaban J connectivity index is 1.60. The molecule has 150 valence electrons. The van der Waals surface area contributed by atoms with Gasteiger partial charge in [0.05, 0.1) is 12.1 Å². The van der Waals surface area contributed by atoms with E-state index in [9.17, 15) is 13.2 Å². The lowest BCUT2D eigenvalue weighted by molar-refractivity contribution is -0.137. The van der Waals surface area contributed by atoms with Gasteiger partial charge in [0.25, 0.3) is 0 Å². The number of benzene rings is 2. The van der Waals surface area contributed by atoms with Gasteiger partial charge in [0, 0.05) is 16.1 Å². The number of hydrogen-bond acceptors (Lipinski definition) is 4. The lowest BCUT2D eigenvalue weighted by atomic mass is 10.1. The van der Waals surface area contributed by atoms with E-state index in [1.807, 2.05) is 24.3 Å². The molecule has 2 heterocycles. The maximum Gasteiger partial charge on any atom is 0.416 e. The van der Waals surface area contributed by atoms with Crippen LogP contribution in [0.1, 0.15) is 22.9 Å². The first-order chi connectivity index (χ1) is 13.8. The van der Waals surface area contributed by atoms with Crippen LogP contribution in [0.3, 0.4) is 0 Å². The Morgan fingerprint density at radius 3 is 2.59 bits per heavy atom. The number of hydrogen-bond donors (Lipinski definition) is 1. The second-order valence-corrected chi connectivity index (χ2v) is 7.41. The van der Waals surface area contributed by atoms with Crippen molar-refractivity contribution < 1.29 is 22.4 Å². The van der Waals surface area contributed by atoms with Crippen molar-refractivity contribution in [1.82, 2.24) is 5.06 Å². The van der Waals surface area contributed by atoms with E-state index >= 15 is 0 Å². The Morgan fingerprint density at radius 2 is 1.83 bits per heavy atom. The molecular formula is C21H16BrF3N2O2. The maximum atomic E-state index is 13.0. The number of nitrogens with two attached hydrogens (primary N) is 1. The van der Waals surface area contributed by atoms with Crippen molar-refractivity contribution in [1.29, 1.82) is 0 Å². The SMILES string of the molecule is NC1=CC(c2ccc(-c3cccc(C(F)(F)F)c3)o2)N(Cc2ccccc2Br)O1. The summed E-state index contributed by atoms with van der Waals surface area (Å²) in [5.41, 5.74) is 6.46. The monoisotopic (exact) mass is 464 g/mol. The Hall–Kier alpha value is -2.71. The molecule has 0 spiro atoms. The predicted octanol–water partition coefficient (Wildman–Crippen LogP) is 6.02. The van der Waals surface area contributed by atoms with Gasteiger partial charge in [-0.05, 0) is 35.9 Å². The van der Waals surface area contributed by atoms with E-state index in [4.69, 9.17) is 15.0 Å². The minimum absolute atomic E-state index is 0.235. The van der Waals surface area contributed by atoms with Crippen LogP contribution >= 0.6 is 15.9 Å². The highest BCUT2D eigenvalue weighted by molar-refractivity contribution is 9.10. The van der Waals surface area contributed by atoms with Gasteiger partial charge < -0.3 is 15.0 Å². The van der Waals surface area contributed by atoms with Crippen LogP contribution in [0.25, 0.3) is 11.3 Å². The zero-order valence-electron chi connectivity index (χ0n) is 15.0. The van der Waals surface area contributed by atoms with Crippen LogP contribution in [0.5, 0.6) is 0 Å². The fraction of sp³-hybridized carbons (Fsp3) is 0.143. The molecule has 0 fully saturated rings. The Labute approximate surface area is 173 Å². The van der Waals surface area contributed by atoms with Crippen molar-refractivity contribution in [3.63, 3.8) is 0 Å². The van der Waals surface area contributed by atoms with E-state index in [1.165, 1.54) is 6.07 Å². The van der Waals surface area contributed by atoms with E-state index in [-0.39, 0.29) is 5.88 Å². The van der Waals surface area contributed by atoms with E-state index in [1.54, 1.807) is 29.3 Å². The highest BCUT2D eigenvalue weighted by Gasteiger charge is 2.32. The first-order valence-electron chi connectivity index (χ1n) is 8.74. The summed E-state index contributed by atoms with van der Waals surface area (Å²) in [7, 11) is 0. The van der Waals surface area contributed by atoms with Crippen LogP contribution < -0.4 is 5.73 Å². The molecule has 0 saturated heterocycles. The largest absolute Gasteiger partial charge is 0.459 e. The topological polar surface area (TPSA) is 51.6 Å². The molecule has 8 heteroatoms. The molecule has 0 aliphatic carbocycles.